The van der Waals surface area contributed by atoms with Crippen LogP contribution in [0.4, 0.5) is 0 Å². The molecule has 2 heteroatoms. The van der Waals surface area contributed by atoms with Gasteiger partial charge in [-0.1, -0.05) is 93.3 Å². The smallest absolute Gasteiger partial charge is 0.0435 e. The van der Waals surface area contributed by atoms with Gasteiger partial charge in [0.1, 0.15) is 0 Å². The predicted molar refractivity (Wildman–Crippen MR) is 112 cm³/mol. The average Bonchev–Trinajstić information content (AvgIpc) is 2.43. The quantitative estimate of drug-likeness (QED) is 0.413. The Morgan fingerprint density at radius 3 is 1.50 bits per heavy atom. The van der Waals surface area contributed by atoms with Crippen LogP contribution in [0, 0.1) is 13.8 Å². The first-order chi connectivity index (χ1) is 10.8. The molecule has 0 unspecified atom stereocenters. The first-order valence-electron chi connectivity index (χ1n) is 8.35. The Labute approximate surface area is 161 Å². The van der Waals surface area contributed by atoms with Crippen molar-refractivity contribution in [1.82, 2.24) is 0 Å². The summed E-state index contributed by atoms with van der Waals surface area (Å²) in [7, 11) is 0. The van der Waals surface area contributed by atoms with Gasteiger partial charge in [0.05, 0.1) is 0 Å². The Kier molecular flexibility index (Phi) is 7.14. The fourth-order valence-corrected chi connectivity index (χ4v) is 2.59. The van der Waals surface area contributed by atoms with Gasteiger partial charge in [0.15, 0.2) is 0 Å². The van der Waals surface area contributed by atoms with Crippen molar-refractivity contribution in [2.75, 3.05) is 0 Å². The lowest BCUT2D eigenvalue weighted by molar-refractivity contribution is 0.589. The Hall–Kier alpha value is -0.790. The normalized spacial score (nSPS) is 11.8. The molecular weight excluding hydrogens is 380 g/mol. The zero-order chi connectivity index (χ0) is 18.7. The SMILES string of the molecule is Cc1cc(C(C)(C)C)ccc1Br.Cc1cc(C(C)(C)C)ccc1Cl. The summed E-state index contributed by atoms with van der Waals surface area (Å²) in [5.41, 5.74) is 5.67. The van der Waals surface area contributed by atoms with Gasteiger partial charge in [0.25, 0.3) is 0 Å². The molecule has 0 nitrogen and oxygen atoms in total. The van der Waals surface area contributed by atoms with Gasteiger partial charge in [-0.25, -0.2) is 0 Å². The summed E-state index contributed by atoms with van der Waals surface area (Å²) in [6, 6.07) is 12.8. The molecule has 24 heavy (non-hydrogen) atoms. The van der Waals surface area contributed by atoms with Crippen LogP contribution in [0.2, 0.25) is 5.02 Å². The molecule has 0 heterocycles. The maximum atomic E-state index is 5.93. The lowest BCUT2D eigenvalue weighted by Gasteiger charge is -2.19. The summed E-state index contributed by atoms with van der Waals surface area (Å²) in [5.74, 6) is 0. The van der Waals surface area contributed by atoms with Gasteiger partial charge in [-0.05, 0) is 59.1 Å². The second kappa shape index (κ2) is 8.06. The first kappa shape index (κ1) is 21.3. The van der Waals surface area contributed by atoms with E-state index in [0.29, 0.717) is 0 Å². The Morgan fingerprint density at radius 2 is 1.12 bits per heavy atom. The van der Waals surface area contributed by atoms with Crippen molar-refractivity contribution in [3.05, 3.63) is 68.1 Å². The van der Waals surface area contributed by atoms with E-state index in [1.165, 1.54) is 21.2 Å². The molecule has 0 spiro atoms. The molecule has 0 aliphatic rings. The highest BCUT2D eigenvalue weighted by Gasteiger charge is 2.14. The van der Waals surface area contributed by atoms with Crippen LogP contribution in [0.1, 0.15) is 63.8 Å². The van der Waals surface area contributed by atoms with Crippen molar-refractivity contribution in [3.8, 4) is 0 Å². The number of halogens is 2. The highest BCUT2D eigenvalue weighted by Crippen LogP contribution is 2.27. The van der Waals surface area contributed by atoms with E-state index in [-0.39, 0.29) is 10.8 Å². The first-order valence-corrected chi connectivity index (χ1v) is 9.52. The van der Waals surface area contributed by atoms with E-state index in [4.69, 9.17) is 11.6 Å². The number of hydrogen-bond acceptors (Lipinski definition) is 0. The van der Waals surface area contributed by atoms with E-state index in [0.717, 1.165) is 10.6 Å². The van der Waals surface area contributed by atoms with Crippen molar-refractivity contribution >= 4 is 27.5 Å². The molecule has 0 N–H and O–H groups in total. The van der Waals surface area contributed by atoms with E-state index in [1.54, 1.807) is 0 Å². The lowest BCUT2D eigenvalue weighted by Crippen LogP contribution is -2.10. The van der Waals surface area contributed by atoms with Crippen molar-refractivity contribution in [2.24, 2.45) is 0 Å². The second-order valence-electron chi connectivity index (χ2n) is 8.43. The van der Waals surface area contributed by atoms with E-state index >= 15 is 0 Å². The Balaban J connectivity index is 0.000000240. The van der Waals surface area contributed by atoms with E-state index in [1.807, 2.05) is 13.0 Å². The zero-order valence-electron chi connectivity index (χ0n) is 16.2. The maximum absolute atomic E-state index is 5.93. The van der Waals surface area contributed by atoms with Gasteiger partial charge in [-0.2, -0.15) is 0 Å². The minimum atomic E-state index is 0.218. The number of hydrogen-bond donors (Lipinski definition) is 0. The third kappa shape index (κ3) is 6.26. The van der Waals surface area contributed by atoms with E-state index in [9.17, 15) is 0 Å². The molecule has 0 atom stereocenters. The van der Waals surface area contributed by atoms with Crippen molar-refractivity contribution in [2.45, 2.75) is 66.2 Å². The molecule has 0 radical (unpaired) electrons. The molecule has 0 aromatic heterocycles. The summed E-state index contributed by atoms with van der Waals surface area (Å²) in [4.78, 5) is 0. The monoisotopic (exact) mass is 408 g/mol. The number of rotatable bonds is 0. The van der Waals surface area contributed by atoms with Crippen molar-refractivity contribution in [1.29, 1.82) is 0 Å². The van der Waals surface area contributed by atoms with Crippen molar-refractivity contribution in [3.63, 3.8) is 0 Å². The molecule has 0 saturated carbocycles. The highest BCUT2D eigenvalue weighted by molar-refractivity contribution is 9.10. The van der Waals surface area contributed by atoms with Gasteiger partial charge in [0, 0.05) is 9.50 Å². The highest BCUT2D eigenvalue weighted by atomic mass is 79.9. The molecule has 2 aromatic rings. The molecule has 0 aliphatic carbocycles. The summed E-state index contributed by atoms with van der Waals surface area (Å²) < 4.78 is 1.19. The van der Waals surface area contributed by atoms with Crippen molar-refractivity contribution < 1.29 is 0 Å². The summed E-state index contributed by atoms with van der Waals surface area (Å²) in [6.07, 6.45) is 0. The van der Waals surface area contributed by atoms with Crippen LogP contribution < -0.4 is 0 Å². The third-order valence-electron chi connectivity index (χ3n) is 4.05. The van der Waals surface area contributed by atoms with Crippen LogP contribution in [0.3, 0.4) is 0 Å². The molecule has 2 rings (SSSR count). The summed E-state index contributed by atoms with van der Waals surface area (Å²) >= 11 is 9.43. The third-order valence-corrected chi connectivity index (χ3v) is 5.36. The maximum Gasteiger partial charge on any atom is 0.0435 e. The molecule has 0 amide bonds. The molecule has 0 bridgehead atoms. The minimum Gasteiger partial charge on any atom is -0.0841 e. The van der Waals surface area contributed by atoms with Crippen LogP contribution >= 0.6 is 27.5 Å². The fourth-order valence-electron chi connectivity index (χ4n) is 2.22. The Morgan fingerprint density at radius 1 is 0.708 bits per heavy atom. The van der Waals surface area contributed by atoms with E-state index in [2.05, 4.69) is 94.7 Å². The average molecular weight is 410 g/mol. The molecule has 0 aliphatic heterocycles. The molecule has 0 saturated heterocycles. The van der Waals surface area contributed by atoms with Gasteiger partial charge >= 0.3 is 0 Å². The summed E-state index contributed by atoms with van der Waals surface area (Å²) in [5, 5.41) is 0.850. The minimum absolute atomic E-state index is 0.218. The topological polar surface area (TPSA) is 0 Å². The van der Waals surface area contributed by atoms with Crippen LogP contribution in [-0.2, 0) is 10.8 Å². The predicted octanol–water partition coefficient (Wildman–Crippen LogP) is 8.00. The summed E-state index contributed by atoms with van der Waals surface area (Å²) in [6.45, 7) is 17.5. The zero-order valence-corrected chi connectivity index (χ0v) is 18.6. The van der Waals surface area contributed by atoms with Gasteiger partial charge in [0.2, 0.25) is 0 Å². The standard InChI is InChI=1S/C11H15Br.C11H15Cl/c2*1-8-7-9(11(2,3)4)5-6-10(8)12/h2*5-7H,1-4H3. The lowest BCUT2D eigenvalue weighted by atomic mass is 9.86. The molecular formula is C22H30BrCl. The number of benzene rings is 2. The van der Waals surface area contributed by atoms with Gasteiger partial charge < -0.3 is 0 Å². The molecule has 2 aromatic carbocycles. The number of aryl methyl sites for hydroxylation is 2. The van der Waals surface area contributed by atoms with Crippen LogP contribution in [0.5, 0.6) is 0 Å². The van der Waals surface area contributed by atoms with Crippen LogP contribution in [-0.4, -0.2) is 0 Å². The second-order valence-corrected chi connectivity index (χ2v) is 9.69. The van der Waals surface area contributed by atoms with Gasteiger partial charge in [-0.15, -0.1) is 0 Å². The molecule has 132 valence electrons. The largest absolute Gasteiger partial charge is 0.0841 e. The fraction of sp³-hybridized carbons (Fsp3) is 0.455. The van der Waals surface area contributed by atoms with Crippen LogP contribution in [0.25, 0.3) is 0 Å². The van der Waals surface area contributed by atoms with E-state index < -0.39 is 0 Å². The van der Waals surface area contributed by atoms with Crippen LogP contribution in [0.15, 0.2) is 40.9 Å². The van der Waals surface area contributed by atoms with Gasteiger partial charge in [-0.3, -0.25) is 0 Å². The molecule has 0 fully saturated rings. The Bertz CT molecular complexity index is 627.